The number of aryl methyl sites for hydroxylation is 2. The molecule has 0 N–H and O–H groups in total. The summed E-state index contributed by atoms with van der Waals surface area (Å²) in [7, 11) is 0. The number of benzene rings is 1. The predicted molar refractivity (Wildman–Crippen MR) is 140 cm³/mol. The molecule has 2 aromatic heterocycles. The predicted octanol–water partition coefficient (Wildman–Crippen LogP) is 4.09. The fourth-order valence-electron chi connectivity index (χ4n) is 5.19. The Morgan fingerprint density at radius 1 is 1.05 bits per heavy atom. The van der Waals surface area contributed by atoms with Crippen molar-refractivity contribution in [2.45, 2.75) is 51.5 Å². The number of piperidine rings is 1. The zero-order valence-electron chi connectivity index (χ0n) is 21.3. The lowest BCUT2D eigenvalue weighted by molar-refractivity contribution is -0.135. The highest BCUT2D eigenvalue weighted by Gasteiger charge is 2.30. The first-order chi connectivity index (χ1) is 18.1. The molecule has 1 fully saturated rings. The van der Waals surface area contributed by atoms with Gasteiger partial charge in [0.2, 0.25) is 5.91 Å². The summed E-state index contributed by atoms with van der Waals surface area (Å²) in [4.78, 5) is 44.0. The molecule has 0 spiro atoms. The minimum Gasteiger partial charge on any atom is -0.494 e. The van der Waals surface area contributed by atoms with Gasteiger partial charge in [-0.05, 0) is 75.3 Å². The number of ether oxygens (including phenoxy) is 1. The van der Waals surface area contributed by atoms with Gasteiger partial charge in [0, 0.05) is 43.3 Å². The van der Waals surface area contributed by atoms with E-state index in [0.717, 1.165) is 50.0 Å². The van der Waals surface area contributed by atoms with Gasteiger partial charge in [-0.15, -0.1) is 0 Å². The van der Waals surface area contributed by atoms with Gasteiger partial charge in [0.05, 0.1) is 17.9 Å². The summed E-state index contributed by atoms with van der Waals surface area (Å²) in [6.07, 6.45) is 10.5. The van der Waals surface area contributed by atoms with Crippen LogP contribution in [0.15, 0.2) is 55.0 Å². The molecule has 0 aliphatic carbocycles. The lowest BCUT2D eigenvalue weighted by atomic mass is 9.95. The van der Waals surface area contributed by atoms with Crippen molar-refractivity contribution in [1.82, 2.24) is 24.8 Å². The third-order valence-electron chi connectivity index (χ3n) is 7.20. The second-order valence-corrected chi connectivity index (χ2v) is 9.79. The topological polar surface area (TPSA) is 88.5 Å². The molecule has 2 aliphatic rings. The molecule has 1 saturated heterocycles. The van der Waals surface area contributed by atoms with Crippen molar-refractivity contribution in [1.29, 1.82) is 0 Å². The van der Waals surface area contributed by atoms with E-state index in [1.54, 1.807) is 30.4 Å². The number of hydrogen-bond donors (Lipinski definition) is 0. The minimum atomic E-state index is -0.230. The molecule has 8 heteroatoms. The molecule has 2 aliphatic heterocycles. The molecule has 8 nitrogen and oxygen atoms in total. The van der Waals surface area contributed by atoms with E-state index in [0.29, 0.717) is 36.7 Å². The molecule has 1 unspecified atom stereocenters. The smallest absolute Gasteiger partial charge is 0.257 e. The third-order valence-corrected chi connectivity index (χ3v) is 7.20. The van der Waals surface area contributed by atoms with Crippen LogP contribution >= 0.6 is 0 Å². The van der Waals surface area contributed by atoms with Crippen molar-refractivity contribution >= 4 is 11.8 Å². The van der Waals surface area contributed by atoms with Crippen LogP contribution in [0.1, 0.15) is 53.7 Å². The molecule has 2 bridgehead atoms. The number of fused-ring (bicyclic) bond motifs is 3. The van der Waals surface area contributed by atoms with Crippen molar-refractivity contribution in [2.24, 2.45) is 0 Å². The summed E-state index contributed by atoms with van der Waals surface area (Å²) >= 11 is 0. The highest BCUT2D eigenvalue weighted by atomic mass is 16.5. The lowest BCUT2D eigenvalue weighted by Crippen LogP contribution is -2.49. The van der Waals surface area contributed by atoms with Gasteiger partial charge in [0.25, 0.3) is 5.91 Å². The van der Waals surface area contributed by atoms with E-state index in [-0.39, 0.29) is 24.4 Å². The van der Waals surface area contributed by atoms with Crippen molar-refractivity contribution in [2.75, 3.05) is 26.2 Å². The molecule has 1 atom stereocenters. The van der Waals surface area contributed by atoms with Gasteiger partial charge >= 0.3 is 0 Å². The summed E-state index contributed by atoms with van der Waals surface area (Å²) in [5.41, 5.74) is 3.00. The number of carbonyl (C=O) groups excluding carboxylic acids is 2. The fraction of sp³-hybridized carbons (Fsp3) is 0.414. The Morgan fingerprint density at radius 2 is 1.97 bits per heavy atom. The van der Waals surface area contributed by atoms with Crippen molar-refractivity contribution in [3.05, 3.63) is 71.8 Å². The number of aromatic nitrogens is 3. The van der Waals surface area contributed by atoms with Gasteiger partial charge in [0.1, 0.15) is 12.3 Å². The van der Waals surface area contributed by atoms with Crippen molar-refractivity contribution in [3.63, 3.8) is 0 Å². The van der Waals surface area contributed by atoms with E-state index in [1.807, 2.05) is 29.2 Å². The van der Waals surface area contributed by atoms with Crippen LogP contribution in [0.25, 0.3) is 11.4 Å². The summed E-state index contributed by atoms with van der Waals surface area (Å²) < 4.78 is 5.98. The number of pyridine rings is 1. The van der Waals surface area contributed by atoms with Gasteiger partial charge in [-0.1, -0.05) is 12.1 Å². The quantitative estimate of drug-likeness (QED) is 0.528. The Labute approximate surface area is 217 Å². The van der Waals surface area contributed by atoms with Crippen LogP contribution in [-0.2, 0) is 11.2 Å². The van der Waals surface area contributed by atoms with Crippen LogP contribution in [0.3, 0.4) is 0 Å². The molecule has 4 heterocycles. The molecule has 2 amide bonds. The van der Waals surface area contributed by atoms with Crippen LogP contribution in [0, 0.1) is 6.92 Å². The van der Waals surface area contributed by atoms with Crippen LogP contribution in [0.4, 0.5) is 0 Å². The molecule has 37 heavy (non-hydrogen) atoms. The van der Waals surface area contributed by atoms with Gasteiger partial charge in [-0.3, -0.25) is 14.6 Å². The van der Waals surface area contributed by atoms with Gasteiger partial charge < -0.3 is 14.5 Å². The van der Waals surface area contributed by atoms with Crippen LogP contribution < -0.4 is 4.74 Å². The maximum absolute atomic E-state index is 13.7. The van der Waals surface area contributed by atoms with Gasteiger partial charge in [0.15, 0.2) is 5.82 Å². The van der Waals surface area contributed by atoms with Gasteiger partial charge in [-0.25, -0.2) is 9.97 Å². The highest BCUT2D eigenvalue weighted by Crippen LogP contribution is 2.24. The molecule has 3 aromatic rings. The van der Waals surface area contributed by atoms with Crippen LogP contribution in [-0.4, -0.2) is 68.8 Å². The van der Waals surface area contributed by atoms with E-state index in [9.17, 15) is 9.59 Å². The number of nitrogens with zero attached hydrogens (tertiary/aromatic N) is 5. The van der Waals surface area contributed by atoms with Gasteiger partial charge in [-0.2, -0.15) is 0 Å². The number of rotatable bonds is 2. The zero-order valence-corrected chi connectivity index (χ0v) is 21.3. The van der Waals surface area contributed by atoms with E-state index < -0.39 is 0 Å². The zero-order chi connectivity index (χ0) is 25.6. The van der Waals surface area contributed by atoms with Crippen LogP contribution in [0.2, 0.25) is 0 Å². The third kappa shape index (κ3) is 5.96. The summed E-state index contributed by atoms with van der Waals surface area (Å²) in [6, 6.07) is 12.1. The normalized spacial score (nSPS) is 18.9. The minimum absolute atomic E-state index is 0.00956. The molecule has 1 aromatic carbocycles. The Hall–Kier alpha value is -3.81. The summed E-state index contributed by atoms with van der Waals surface area (Å²) in [6.45, 7) is 3.47. The lowest BCUT2D eigenvalue weighted by Gasteiger charge is -2.37. The first kappa shape index (κ1) is 24.9. The Bertz CT molecular complexity index is 1250. The first-order valence-corrected chi connectivity index (χ1v) is 13.1. The molecule has 0 saturated carbocycles. The highest BCUT2D eigenvalue weighted by molar-refractivity contribution is 5.97. The Balaban J connectivity index is 1.39. The van der Waals surface area contributed by atoms with Crippen molar-refractivity contribution in [3.8, 4) is 17.1 Å². The van der Waals surface area contributed by atoms with Crippen LogP contribution in [0.5, 0.6) is 5.75 Å². The standard InChI is InChI=1S/C29H33N5O3/c1-21-26(19-31-28(32-21)23-8-5-13-30-18-23)29(36)33-14-6-16-37-25-10-4-7-22(17-25)11-12-24-9-2-3-15-34(24)27(35)20-33/h4-5,7-8,10,13,17-19,24H,2-3,6,9,11-12,14-16,20H2,1H3. The SMILES string of the molecule is Cc1nc(-c2cccnc2)ncc1C(=O)N1CCCOc2cccc(c2)CCC2CCCCN2C(=O)C1. The fourth-order valence-corrected chi connectivity index (χ4v) is 5.19. The summed E-state index contributed by atoms with van der Waals surface area (Å²) in [5, 5.41) is 0. The maximum atomic E-state index is 13.7. The summed E-state index contributed by atoms with van der Waals surface area (Å²) in [5.74, 6) is 1.15. The largest absolute Gasteiger partial charge is 0.494 e. The maximum Gasteiger partial charge on any atom is 0.257 e. The molecular formula is C29H33N5O3. The average Bonchev–Trinajstić information content (AvgIpc) is 2.93. The van der Waals surface area contributed by atoms with E-state index >= 15 is 0 Å². The first-order valence-electron chi connectivity index (χ1n) is 13.1. The van der Waals surface area contributed by atoms with E-state index in [4.69, 9.17) is 4.74 Å². The molecular weight excluding hydrogens is 466 g/mol. The number of amides is 2. The van der Waals surface area contributed by atoms with E-state index in [1.165, 1.54) is 5.56 Å². The Morgan fingerprint density at radius 3 is 2.81 bits per heavy atom. The van der Waals surface area contributed by atoms with Crippen molar-refractivity contribution < 1.29 is 14.3 Å². The Kier molecular flexibility index (Phi) is 7.73. The number of hydrogen-bond acceptors (Lipinski definition) is 6. The number of carbonyl (C=O) groups is 2. The van der Waals surface area contributed by atoms with E-state index in [2.05, 4.69) is 27.1 Å². The molecule has 192 valence electrons. The second kappa shape index (κ2) is 11.5. The second-order valence-electron chi connectivity index (χ2n) is 9.79. The average molecular weight is 500 g/mol. The molecule has 0 radical (unpaired) electrons. The monoisotopic (exact) mass is 499 g/mol. The molecule has 5 rings (SSSR count).